The van der Waals surface area contributed by atoms with E-state index in [2.05, 4.69) is 26.9 Å². The van der Waals surface area contributed by atoms with Crippen LogP contribution in [0.2, 0.25) is 0 Å². The molecule has 3 heterocycles. The summed E-state index contributed by atoms with van der Waals surface area (Å²) in [6, 6.07) is 2.29. The molecule has 0 radical (unpaired) electrons. The van der Waals surface area contributed by atoms with E-state index in [1.165, 1.54) is 0 Å². The summed E-state index contributed by atoms with van der Waals surface area (Å²) in [6.45, 7) is 10.5. The third-order valence-corrected chi connectivity index (χ3v) is 4.24. The number of carbonyl (C=O) groups is 1. The predicted molar refractivity (Wildman–Crippen MR) is 89.3 cm³/mol. The summed E-state index contributed by atoms with van der Waals surface area (Å²) >= 11 is 0. The van der Waals surface area contributed by atoms with Gasteiger partial charge in [-0.1, -0.05) is 5.16 Å². The Hall–Kier alpha value is -2.15. The van der Waals surface area contributed by atoms with Gasteiger partial charge in [0.05, 0.1) is 23.9 Å². The minimum atomic E-state index is 0.0167. The molecule has 2 aromatic heterocycles. The van der Waals surface area contributed by atoms with Gasteiger partial charge in [-0.3, -0.25) is 9.69 Å². The van der Waals surface area contributed by atoms with Crippen LogP contribution >= 0.6 is 0 Å². The van der Waals surface area contributed by atoms with Crippen LogP contribution in [0.15, 0.2) is 16.8 Å². The lowest BCUT2D eigenvalue weighted by Gasteiger charge is -2.32. The first-order valence-electron chi connectivity index (χ1n) is 8.44. The average Bonchev–Trinajstić information content (AvgIpc) is 3.07. The molecular weight excluding hydrogens is 306 g/mol. The van der Waals surface area contributed by atoms with E-state index in [4.69, 9.17) is 9.51 Å². The van der Waals surface area contributed by atoms with Crippen LogP contribution in [0, 0.1) is 6.92 Å². The summed E-state index contributed by atoms with van der Waals surface area (Å²) in [5.74, 6) is 1.85. The van der Waals surface area contributed by atoms with Crippen LogP contribution in [0.3, 0.4) is 0 Å². The molecule has 0 bridgehead atoms. The molecule has 0 saturated heterocycles. The fraction of sp³-hybridized carbons (Fsp3) is 0.588. The Morgan fingerprint density at radius 1 is 1.42 bits per heavy atom. The quantitative estimate of drug-likeness (QED) is 0.904. The van der Waals surface area contributed by atoms with Crippen molar-refractivity contribution in [2.75, 3.05) is 6.54 Å². The van der Waals surface area contributed by atoms with Gasteiger partial charge in [0.15, 0.2) is 0 Å². The number of amides is 1. The number of rotatable bonds is 5. The Morgan fingerprint density at radius 2 is 2.21 bits per heavy atom. The smallest absolute Gasteiger partial charge is 0.226 e. The maximum atomic E-state index is 11.9. The second-order valence-electron chi connectivity index (χ2n) is 6.76. The highest BCUT2D eigenvalue weighted by Crippen LogP contribution is 2.26. The van der Waals surface area contributed by atoms with Gasteiger partial charge < -0.3 is 14.4 Å². The highest BCUT2D eigenvalue weighted by atomic mass is 16.5. The molecule has 2 aromatic rings. The highest BCUT2D eigenvalue weighted by Gasteiger charge is 2.27. The van der Waals surface area contributed by atoms with Crippen LogP contribution in [-0.4, -0.2) is 38.1 Å². The van der Waals surface area contributed by atoms with E-state index in [-0.39, 0.29) is 18.0 Å². The zero-order valence-electron chi connectivity index (χ0n) is 14.7. The lowest BCUT2D eigenvalue weighted by molar-refractivity contribution is -0.120. The number of aromatic nitrogens is 3. The standard InChI is InChI=1S/C17H25N5O2/c1-11(2)18-16(23)8-14-9-22-6-5-21(13(4)17(22)19-14)10-15-7-12(3)24-20-15/h7,9,11,13H,5-6,8,10H2,1-4H3,(H,18,23). The molecule has 0 saturated carbocycles. The summed E-state index contributed by atoms with van der Waals surface area (Å²) in [7, 11) is 0. The van der Waals surface area contributed by atoms with Gasteiger partial charge in [-0.25, -0.2) is 4.98 Å². The van der Waals surface area contributed by atoms with Gasteiger partial charge in [0.25, 0.3) is 0 Å². The first-order valence-corrected chi connectivity index (χ1v) is 8.44. The van der Waals surface area contributed by atoms with E-state index in [9.17, 15) is 4.79 Å². The van der Waals surface area contributed by atoms with Crippen molar-refractivity contribution in [2.24, 2.45) is 0 Å². The van der Waals surface area contributed by atoms with E-state index in [1.54, 1.807) is 0 Å². The molecule has 7 nitrogen and oxygen atoms in total. The predicted octanol–water partition coefficient (Wildman–Crippen LogP) is 1.82. The number of hydrogen-bond acceptors (Lipinski definition) is 5. The molecule has 7 heteroatoms. The van der Waals surface area contributed by atoms with Crippen molar-refractivity contribution >= 4 is 5.91 Å². The topological polar surface area (TPSA) is 76.2 Å². The molecular formula is C17H25N5O2. The Morgan fingerprint density at radius 3 is 2.88 bits per heavy atom. The zero-order valence-corrected chi connectivity index (χ0v) is 14.7. The Bertz CT molecular complexity index is 718. The molecule has 0 spiro atoms. The molecule has 1 aliphatic rings. The lowest BCUT2D eigenvalue weighted by atomic mass is 10.2. The Labute approximate surface area is 142 Å². The molecule has 1 amide bonds. The summed E-state index contributed by atoms with van der Waals surface area (Å²) in [5.41, 5.74) is 1.77. The van der Waals surface area contributed by atoms with Crippen molar-refractivity contribution in [3.05, 3.63) is 35.2 Å². The van der Waals surface area contributed by atoms with Crippen molar-refractivity contribution in [3.8, 4) is 0 Å². The van der Waals surface area contributed by atoms with Gasteiger partial charge in [-0.15, -0.1) is 0 Å². The molecule has 24 heavy (non-hydrogen) atoms. The van der Waals surface area contributed by atoms with Gasteiger partial charge in [-0.2, -0.15) is 0 Å². The van der Waals surface area contributed by atoms with E-state index in [1.807, 2.05) is 33.0 Å². The van der Waals surface area contributed by atoms with Crippen LogP contribution in [0.4, 0.5) is 0 Å². The van der Waals surface area contributed by atoms with Gasteiger partial charge in [0.2, 0.25) is 5.91 Å². The fourth-order valence-corrected chi connectivity index (χ4v) is 3.13. The summed E-state index contributed by atoms with van der Waals surface area (Å²) in [6.07, 6.45) is 2.33. The van der Waals surface area contributed by atoms with E-state index >= 15 is 0 Å². The monoisotopic (exact) mass is 331 g/mol. The van der Waals surface area contributed by atoms with Crippen LogP contribution in [0.1, 0.15) is 49.8 Å². The van der Waals surface area contributed by atoms with Crippen LogP contribution < -0.4 is 5.32 Å². The van der Waals surface area contributed by atoms with Crippen LogP contribution in [-0.2, 0) is 24.3 Å². The first-order chi connectivity index (χ1) is 11.4. The third kappa shape index (κ3) is 3.67. The average molecular weight is 331 g/mol. The molecule has 1 unspecified atom stereocenters. The second kappa shape index (κ2) is 6.76. The van der Waals surface area contributed by atoms with E-state index in [0.717, 1.165) is 42.6 Å². The number of imidazole rings is 1. The van der Waals surface area contributed by atoms with Gasteiger partial charge in [-0.05, 0) is 27.7 Å². The third-order valence-electron chi connectivity index (χ3n) is 4.24. The maximum absolute atomic E-state index is 11.9. The molecule has 1 aliphatic heterocycles. The maximum Gasteiger partial charge on any atom is 0.226 e. The number of fused-ring (bicyclic) bond motifs is 1. The first kappa shape index (κ1) is 16.7. The molecule has 1 atom stereocenters. The molecule has 1 N–H and O–H groups in total. The molecule has 3 rings (SSSR count). The van der Waals surface area contributed by atoms with Crippen molar-refractivity contribution in [1.29, 1.82) is 0 Å². The van der Waals surface area contributed by atoms with Crippen molar-refractivity contribution < 1.29 is 9.32 Å². The van der Waals surface area contributed by atoms with Gasteiger partial charge >= 0.3 is 0 Å². The Balaban J connectivity index is 1.68. The lowest BCUT2D eigenvalue weighted by Crippen LogP contribution is -2.36. The van der Waals surface area contributed by atoms with Crippen molar-refractivity contribution in [3.63, 3.8) is 0 Å². The summed E-state index contributed by atoms with van der Waals surface area (Å²) in [4.78, 5) is 19.0. The molecule has 0 aliphatic carbocycles. The minimum Gasteiger partial charge on any atom is -0.361 e. The molecule has 0 fully saturated rings. The van der Waals surface area contributed by atoms with Crippen LogP contribution in [0.25, 0.3) is 0 Å². The van der Waals surface area contributed by atoms with E-state index in [0.29, 0.717) is 6.42 Å². The second-order valence-corrected chi connectivity index (χ2v) is 6.76. The minimum absolute atomic E-state index is 0.0167. The number of nitrogens with zero attached hydrogens (tertiary/aromatic N) is 4. The van der Waals surface area contributed by atoms with Gasteiger partial charge in [0.1, 0.15) is 11.6 Å². The fourth-order valence-electron chi connectivity index (χ4n) is 3.13. The molecule has 130 valence electrons. The SMILES string of the molecule is Cc1cc(CN2CCn3cc(CC(=O)NC(C)C)nc3C2C)no1. The van der Waals surface area contributed by atoms with Gasteiger partial charge in [0, 0.05) is 37.9 Å². The summed E-state index contributed by atoms with van der Waals surface area (Å²) < 4.78 is 7.31. The zero-order chi connectivity index (χ0) is 17.3. The number of hydrogen-bond donors (Lipinski definition) is 1. The van der Waals surface area contributed by atoms with E-state index < -0.39 is 0 Å². The largest absolute Gasteiger partial charge is 0.361 e. The molecule has 0 aromatic carbocycles. The summed E-state index contributed by atoms with van der Waals surface area (Å²) in [5, 5.41) is 6.98. The number of carbonyl (C=O) groups excluding carboxylic acids is 1. The number of nitrogens with one attached hydrogen (secondary N) is 1. The normalized spacial score (nSPS) is 18.0. The van der Waals surface area contributed by atoms with Crippen molar-refractivity contribution in [2.45, 2.75) is 59.3 Å². The number of aryl methyl sites for hydroxylation is 1. The highest BCUT2D eigenvalue weighted by molar-refractivity contribution is 5.78. The van der Waals surface area contributed by atoms with Crippen LogP contribution in [0.5, 0.6) is 0 Å². The Kier molecular flexibility index (Phi) is 4.71. The van der Waals surface area contributed by atoms with Crippen molar-refractivity contribution in [1.82, 2.24) is 24.9 Å².